The summed E-state index contributed by atoms with van der Waals surface area (Å²) in [6.45, 7) is 1.94. The molecule has 0 saturated carbocycles. The Hall–Kier alpha value is -2.15. The molecule has 0 fully saturated rings. The number of aromatic nitrogens is 1. The number of nitrogens with one attached hydrogen (secondary N) is 1. The summed E-state index contributed by atoms with van der Waals surface area (Å²) >= 11 is 7.09. The number of hydrogen-bond donors (Lipinski definition) is 1. The summed E-state index contributed by atoms with van der Waals surface area (Å²) in [6, 6.07) is 10.1. The molecule has 138 valence electrons. The summed E-state index contributed by atoms with van der Waals surface area (Å²) in [6.07, 6.45) is 5.07. The highest BCUT2D eigenvalue weighted by molar-refractivity contribution is 7.97. The molecule has 2 heterocycles. The van der Waals surface area contributed by atoms with E-state index >= 15 is 0 Å². The maximum absolute atomic E-state index is 13.4. The van der Waals surface area contributed by atoms with Gasteiger partial charge in [-0.1, -0.05) is 35.4 Å². The summed E-state index contributed by atoms with van der Waals surface area (Å²) < 4.78 is 27.1. The lowest BCUT2D eigenvalue weighted by Gasteiger charge is -2.12. The highest BCUT2D eigenvalue weighted by atomic mass is 35.5. The number of thiophene rings is 1. The first kappa shape index (κ1) is 18.2. The molecule has 1 aliphatic rings. The first-order chi connectivity index (χ1) is 12.9. The first-order valence-corrected chi connectivity index (χ1v) is 11.1. The summed E-state index contributed by atoms with van der Waals surface area (Å²) in [7, 11) is -3.71. The summed E-state index contributed by atoms with van der Waals surface area (Å²) in [5.74, 6) is 0. The van der Waals surface area contributed by atoms with Gasteiger partial charge in [0.1, 0.15) is 9.04 Å². The topological polar surface area (TPSA) is 67.0 Å². The number of aromatic amines is 1. The molecule has 0 bridgehead atoms. The summed E-state index contributed by atoms with van der Waals surface area (Å²) in [5.41, 5.74) is 2.12. The second-order valence-electron chi connectivity index (χ2n) is 6.48. The van der Waals surface area contributed by atoms with E-state index in [1.807, 2.05) is 6.92 Å². The molecule has 0 unspecified atom stereocenters. The number of rotatable bonds is 3. The van der Waals surface area contributed by atoms with E-state index in [0.717, 1.165) is 28.9 Å². The largest absolute Gasteiger partial charge is 0.314 e. The average molecular weight is 418 g/mol. The molecule has 1 aliphatic carbocycles. The molecule has 0 atom stereocenters. The van der Waals surface area contributed by atoms with Gasteiger partial charge in [0.25, 0.3) is 0 Å². The Labute approximate surface area is 165 Å². The van der Waals surface area contributed by atoms with Gasteiger partial charge in [0, 0.05) is 22.0 Å². The fraction of sp³-hybridized carbons (Fsp3) is 0.150. The number of fused-ring (bicyclic) bond motifs is 1. The van der Waals surface area contributed by atoms with Gasteiger partial charge in [-0.3, -0.25) is 4.79 Å². The van der Waals surface area contributed by atoms with Crippen LogP contribution in [0.15, 0.2) is 68.0 Å². The van der Waals surface area contributed by atoms with E-state index in [1.54, 1.807) is 42.5 Å². The van der Waals surface area contributed by atoms with Crippen LogP contribution in [0.3, 0.4) is 0 Å². The number of sulfone groups is 1. The van der Waals surface area contributed by atoms with Gasteiger partial charge in [0.2, 0.25) is 15.4 Å². The fourth-order valence-electron chi connectivity index (χ4n) is 3.18. The second kappa shape index (κ2) is 6.78. The molecule has 2 aromatic heterocycles. The molecule has 4 nitrogen and oxygen atoms in total. The molecule has 4 rings (SSSR count). The van der Waals surface area contributed by atoms with Gasteiger partial charge in [0.05, 0.1) is 4.91 Å². The zero-order valence-corrected chi connectivity index (χ0v) is 16.8. The van der Waals surface area contributed by atoms with Gasteiger partial charge < -0.3 is 4.98 Å². The minimum Gasteiger partial charge on any atom is -0.314 e. The molecule has 27 heavy (non-hydrogen) atoms. The Morgan fingerprint density at radius 1 is 1.11 bits per heavy atom. The molecule has 0 aliphatic heterocycles. The van der Waals surface area contributed by atoms with E-state index in [4.69, 9.17) is 11.6 Å². The summed E-state index contributed by atoms with van der Waals surface area (Å²) in [4.78, 5) is 15.4. The van der Waals surface area contributed by atoms with E-state index in [2.05, 4.69) is 4.98 Å². The van der Waals surface area contributed by atoms with Crippen molar-refractivity contribution in [2.75, 3.05) is 0 Å². The Morgan fingerprint density at radius 2 is 1.85 bits per heavy atom. The monoisotopic (exact) mass is 417 g/mol. The number of halogens is 1. The van der Waals surface area contributed by atoms with E-state index < -0.39 is 9.84 Å². The number of pyridine rings is 1. The summed E-state index contributed by atoms with van der Waals surface area (Å²) in [5, 5.41) is 1.28. The highest BCUT2D eigenvalue weighted by Gasteiger charge is 2.28. The maximum Gasteiger partial charge on any atom is 0.249 e. The van der Waals surface area contributed by atoms with Crippen LogP contribution in [0.4, 0.5) is 0 Å². The lowest BCUT2D eigenvalue weighted by molar-refractivity contribution is 0.604. The zero-order valence-electron chi connectivity index (χ0n) is 14.5. The van der Waals surface area contributed by atoms with E-state index in [1.165, 1.54) is 6.07 Å². The number of H-pyrrole nitrogens is 1. The van der Waals surface area contributed by atoms with Crippen molar-refractivity contribution >= 4 is 43.0 Å². The van der Waals surface area contributed by atoms with E-state index in [9.17, 15) is 13.2 Å². The standard InChI is InChI=1S/C20H16ClNO3S2/c1-12-3-2-4-15(11-12)27(24,25)20-18(13-5-7-14(21)8-6-13)16-9-10-17(23)22-19(16)26-20/h4-11H,2-3H2,1H3,(H,22,23). The zero-order chi connectivity index (χ0) is 19.2. The molecular formula is C20H16ClNO3S2. The van der Waals surface area contributed by atoms with Crippen molar-refractivity contribution < 1.29 is 8.42 Å². The lowest BCUT2D eigenvalue weighted by atomic mass is 10.1. The molecule has 7 heteroatoms. The second-order valence-corrected chi connectivity index (χ2v) is 10.1. The quantitative estimate of drug-likeness (QED) is 0.628. The van der Waals surface area contributed by atoms with Gasteiger partial charge in [-0.25, -0.2) is 8.42 Å². The Morgan fingerprint density at radius 3 is 2.56 bits per heavy atom. The minimum absolute atomic E-state index is 0.235. The number of allylic oxidation sites excluding steroid dienone is 3. The Balaban J connectivity index is 2.03. The molecule has 0 radical (unpaired) electrons. The van der Waals surface area contributed by atoms with E-state index in [0.29, 0.717) is 32.1 Å². The van der Waals surface area contributed by atoms with Crippen molar-refractivity contribution in [2.45, 2.75) is 24.0 Å². The predicted molar refractivity (Wildman–Crippen MR) is 111 cm³/mol. The Kier molecular flexibility index (Phi) is 4.58. The molecule has 0 spiro atoms. The third kappa shape index (κ3) is 3.29. The minimum atomic E-state index is -3.71. The SMILES string of the molecule is CC1=CC(S(=O)(=O)c2sc3[nH]c(=O)ccc3c2-c2ccc(Cl)cc2)=CCC1. The van der Waals surface area contributed by atoms with Crippen LogP contribution in [0.25, 0.3) is 21.3 Å². The van der Waals surface area contributed by atoms with Crippen LogP contribution in [-0.2, 0) is 9.84 Å². The first-order valence-electron chi connectivity index (χ1n) is 8.40. The molecule has 1 N–H and O–H groups in total. The van der Waals surface area contributed by atoms with Gasteiger partial charge in [-0.05, 0) is 49.6 Å². The van der Waals surface area contributed by atoms with Crippen molar-refractivity contribution in [3.05, 3.63) is 74.4 Å². The molecule has 1 aromatic carbocycles. The highest BCUT2D eigenvalue weighted by Crippen LogP contribution is 2.43. The third-order valence-corrected chi connectivity index (χ3v) is 8.18. The normalized spacial score (nSPS) is 14.9. The molecule has 0 amide bonds. The fourth-order valence-corrected chi connectivity index (χ4v) is 6.63. The third-order valence-electron chi connectivity index (χ3n) is 4.51. The van der Waals surface area contributed by atoms with Gasteiger partial charge in [0.15, 0.2) is 0 Å². The van der Waals surface area contributed by atoms with Crippen LogP contribution in [0.2, 0.25) is 5.02 Å². The van der Waals surface area contributed by atoms with Crippen molar-refractivity contribution in [2.24, 2.45) is 0 Å². The maximum atomic E-state index is 13.4. The molecule has 3 aromatic rings. The van der Waals surface area contributed by atoms with Crippen molar-refractivity contribution in [1.29, 1.82) is 0 Å². The molecule has 0 saturated heterocycles. The van der Waals surface area contributed by atoms with Crippen LogP contribution in [0.5, 0.6) is 0 Å². The van der Waals surface area contributed by atoms with Gasteiger partial charge in [-0.2, -0.15) is 0 Å². The molecular weight excluding hydrogens is 402 g/mol. The predicted octanol–water partition coefficient (Wildman–Crippen LogP) is 5.31. The average Bonchev–Trinajstić information content (AvgIpc) is 3.01. The number of hydrogen-bond acceptors (Lipinski definition) is 4. The van der Waals surface area contributed by atoms with Gasteiger partial charge in [-0.15, -0.1) is 11.3 Å². The van der Waals surface area contributed by atoms with Crippen molar-refractivity contribution in [3.8, 4) is 11.1 Å². The van der Waals surface area contributed by atoms with Crippen LogP contribution < -0.4 is 5.56 Å². The Bertz CT molecular complexity index is 1260. The van der Waals surface area contributed by atoms with Gasteiger partial charge >= 0.3 is 0 Å². The van der Waals surface area contributed by atoms with Crippen molar-refractivity contribution in [1.82, 2.24) is 4.98 Å². The van der Waals surface area contributed by atoms with Crippen LogP contribution in [-0.4, -0.2) is 13.4 Å². The van der Waals surface area contributed by atoms with Crippen LogP contribution in [0, 0.1) is 0 Å². The van der Waals surface area contributed by atoms with Crippen LogP contribution >= 0.6 is 22.9 Å². The number of benzene rings is 1. The van der Waals surface area contributed by atoms with Crippen LogP contribution in [0.1, 0.15) is 19.8 Å². The smallest absolute Gasteiger partial charge is 0.249 e. The lowest BCUT2D eigenvalue weighted by Crippen LogP contribution is -2.05. The van der Waals surface area contributed by atoms with E-state index in [-0.39, 0.29) is 9.77 Å². The van der Waals surface area contributed by atoms with Crippen molar-refractivity contribution in [3.63, 3.8) is 0 Å².